The van der Waals surface area contributed by atoms with Crippen molar-refractivity contribution >= 4 is 11.9 Å². The lowest BCUT2D eigenvalue weighted by molar-refractivity contribution is -0.139. The van der Waals surface area contributed by atoms with Crippen molar-refractivity contribution in [3.63, 3.8) is 0 Å². The predicted molar refractivity (Wildman–Crippen MR) is 252 cm³/mol. The van der Waals surface area contributed by atoms with E-state index >= 15 is 0 Å². The van der Waals surface area contributed by atoms with E-state index in [2.05, 4.69) is 0 Å². The number of hydrogen-bond acceptors (Lipinski definition) is 23. The normalized spacial score (nSPS) is 11.6. The van der Waals surface area contributed by atoms with Crippen LogP contribution < -0.4 is 0 Å². The molecular weight excluding hydrogens is 952 g/mol. The number of aliphatic carboxylic acids is 2. The van der Waals surface area contributed by atoms with Gasteiger partial charge in [0, 0.05) is 0 Å². The van der Waals surface area contributed by atoms with Gasteiger partial charge < -0.3 is 110 Å². The van der Waals surface area contributed by atoms with Gasteiger partial charge in [-0.25, -0.2) is 0 Å². The number of carboxylic acids is 2. The van der Waals surface area contributed by atoms with Gasteiger partial charge in [0.25, 0.3) is 0 Å². The van der Waals surface area contributed by atoms with Crippen LogP contribution in [-0.2, 0) is 109 Å². The molecule has 424 valence electrons. The zero-order valence-corrected chi connectivity index (χ0v) is 42.4. The fourth-order valence-corrected chi connectivity index (χ4v) is 4.82. The molecule has 0 aliphatic rings. The zero-order valence-electron chi connectivity index (χ0n) is 42.4. The second-order valence-electron chi connectivity index (χ2n) is 14.1. The van der Waals surface area contributed by atoms with Crippen molar-refractivity contribution in [2.45, 2.75) is 12.8 Å². The molecule has 0 aromatic heterocycles. The summed E-state index contributed by atoms with van der Waals surface area (Å²) in [6.45, 7) is 18.8. The molecule has 25 nitrogen and oxygen atoms in total. The standard InChI is InChI=1S/C46H90O25/c47-45(48)1-3-51-5-7-53-9-11-55-13-15-57-17-19-59-21-23-61-25-27-63-29-31-65-33-35-67-37-39-69-41-43-71-44-42-70-40-38-68-36-34-66-32-30-64-28-26-62-24-22-60-20-18-58-16-14-56-12-10-54-8-6-52-4-2-46(49)50/h1-44H2,(H,47,48)(H,49,50). The minimum Gasteiger partial charge on any atom is -0.481 e. The van der Waals surface area contributed by atoms with E-state index in [1.165, 1.54) is 0 Å². The van der Waals surface area contributed by atoms with Gasteiger partial charge in [0.15, 0.2) is 0 Å². The Morgan fingerprint density at radius 2 is 0.225 bits per heavy atom. The lowest BCUT2D eigenvalue weighted by Gasteiger charge is -2.09. The summed E-state index contributed by atoms with van der Waals surface area (Å²) in [5.41, 5.74) is 0. The quantitative estimate of drug-likeness (QED) is 0.0775. The van der Waals surface area contributed by atoms with Crippen molar-refractivity contribution < 1.29 is 119 Å². The van der Waals surface area contributed by atoms with Crippen molar-refractivity contribution in [1.82, 2.24) is 0 Å². The van der Waals surface area contributed by atoms with E-state index in [4.69, 9.17) is 110 Å². The van der Waals surface area contributed by atoms with Crippen LogP contribution >= 0.6 is 0 Å². The molecule has 0 bridgehead atoms. The Bertz CT molecular complexity index is 948. The zero-order chi connectivity index (χ0) is 51.1. The molecule has 0 unspecified atom stereocenters. The number of carboxylic acid groups (broad SMARTS) is 2. The van der Waals surface area contributed by atoms with Crippen molar-refractivity contribution in [3.8, 4) is 0 Å². The first kappa shape index (κ1) is 69.1. The fourth-order valence-electron chi connectivity index (χ4n) is 4.82. The molecular formula is C46H90O25. The van der Waals surface area contributed by atoms with Gasteiger partial charge in [0.1, 0.15) is 0 Å². The maximum Gasteiger partial charge on any atom is 0.305 e. The van der Waals surface area contributed by atoms with Crippen LogP contribution in [0.3, 0.4) is 0 Å². The Balaban J connectivity index is 3.08. The minimum atomic E-state index is -0.880. The minimum absolute atomic E-state index is 0.0103. The van der Waals surface area contributed by atoms with E-state index < -0.39 is 11.9 Å². The Kier molecular flexibility index (Phi) is 62.5. The Morgan fingerprint density at radius 3 is 0.296 bits per heavy atom. The first-order valence-electron chi connectivity index (χ1n) is 24.7. The number of ether oxygens (including phenoxy) is 21. The Labute approximate surface area is 420 Å². The highest BCUT2D eigenvalue weighted by molar-refractivity contribution is 5.67. The molecule has 71 heavy (non-hydrogen) atoms. The molecule has 0 aromatic carbocycles. The van der Waals surface area contributed by atoms with E-state index in [9.17, 15) is 9.59 Å². The van der Waals surface area contributed by atoms with Gasteiger partial charge in [0.2, 0.25) is 0 Å². The van der Waals surface area contributed by atoms with Crippen LogP contribution in [0.15, 0.2) is 0 Å². The van der Waals surface area contributed by atoms with Crippen molar-refractivity contribution in [2.75, 3.05) is 277 Å². The molecule has 0 aromatic rings. The van der Waals surface area contributed by atoms with Crippen LogP contribution in [0.5, 0.6) is 0 Å². The van der Waals surface area contributed by atoms with E-state index in [1.54, 1.807) is 0 Å². The second-order valence-corrected chi connectivity index (χ2v) is 14.1. The van der Waals surface area contributed by atoms with E-state index in [1.807, 2.05) is 0 Å². The van der Waals surface area contributed by atoms with Crippen LogP contribution in [0.25, 0.3) is 0 Å². The smallest absolute Gasteiger partial charge is 0.305 e. The molecule has 0 fully saturated rings. The van der Waals surface area contributed by atoms with Crippen molar-refractivity contribution in [3.05, 3.63) is 0 Å². The van der Waals surface area contributed by atoms with Crippen LogP contribution in [-0.4, -0.2) is 300 Å². The SMILES string of the molecule is O=C(O)CCOCCOCCOCCOCCOCCOCCOCCOCCOCCOCCOCCOCCOCCOCCOCCOCCOCCOCCOCCOCCOCCC(=O)O. The van der Waals surface area contributed by atoms with Gasteiger partial charge in [-0.05, 0) is 0 Å². The molecule has 0 spiro atoms. The van der Waals surface area contributed by atoms with Gasteiger partial charge in [-0.2, -0.15) is 0 Å². The summed E-state index contributed by atoms with van der Waals surface area (Å²) < 4.78 is 114. The van der Waals surface area contributed by atoms with Crippen LogP contribution in [0.1, 0.15) is 12.8 Å². The average Bonchev–Trinajstić information content (AvgIpc) is 3.36. The predicted octanol–water partition coefficient (Wildman–Crippen LogP) is 0.284. The van der Waals surface area contributed by atoms with Crippen molar-refractivity contribution in [2.24, 2.45) is 0 Å². The summed E-state index contributed by atoms with van der Waals surface area (Å²) >= 11 is 0. The molecule has 2 N–H and O–H groups in total. The summed E-state index contributed by atoms with van der Waals surface area (Å²) in [6, 6.07) is 0. The number of rotatable bonds is 66. The first-order chi connectivity index (χ1) is 35.1. The largest absolute Gasteiger partial charge is 0.481 e. The van der Waals surface area contributed by atoms with Crippen LogP contribution in [0.2, 0.25) is 0 Å². The first-order valence-corrected chi connectivity index (χ1v) is 24.7. The van der Waals surface area contributed by atoms with E-state index in [0.29, 0.717) is 264 Å². The molecule has 0 aliphatic heterocycles. The molecule has 25 heteroatoms. The lowest BCUT2D eigenvalue weighted by Crippen LogP contribution is -2.16. The van der Waals surface area contributed by atoms with Gasteiger partial charge in [-0.1, -0.05) is 0 Å². The highest BCUT2D eigenvalue weighted by Gasteiger charge is 2.01. The second kappa shape index (κ2) is 64.2. The highest BCUT2D eigenvalue weighted by atomic mass is 16.6. The fraction of sp³-hybridized carbons (Fsp3) is 0.957. The van der Waals surface area contributed by atoms with Gasteiger partial charge in [-0.15, -0.1) is 0 Å². The van der Waals surface area contributed by atoms with Crippen molar-refractivity contribution in [1.29, 1.82) is 0 Å². The summed E-state index contributed by atoms with van der Waals surface area (Å²) in [7, 11) is 0. The van der Waals surface area contributed by atoms with Gasteiger partial charge >= 0.3 is 11.9 Å². The molecule has 0 aliphatic carbocycles. The maximum absolute atomic E-state index is 10.4. The topological polar surface area (TPSA) is 268 Å². The highest BCUT2D eigenvalue weighted by Crippen LogP contribution is 1.91. The summed E-state index contributed by atoms with van der Waals surface area (Å²) in [4.78, 5) is 20.7. The third-order valence-corrected chi connectivity index (χ3v) is 8.36. The third-order valence-electron chi connectivity index (χ3n) is 8.36. The van der Waals surface area contributed by atoms with Crippen LogP contribution in [0.4, 0.5) is 0 Å². The van der Waals surface area contributed by atoms with E-state index in [0.717, 1.165) is 0 Å². The van der Waals surface area contributed by atoms with Gasteiger partial charge in [-0.3, -0.25) is 9.59 Å². The maximum atomic E-state index is 10.4. The third kappa shape index (κ3) is 68.1. The monoisotopic (exact) mass is 1040 g/mol. The molecule has 0 saturated carbocycles. The Morgan fingerprint density at radius 1 is 0.155 bits per heavy atom. The number of carbonyl (C=O) groups is 2. The molecule has 0 radical (unpaired) electrons. The average molecular weight is 1040 g/mol. The Hall–Kier alpha value is -1.90. The molecule has 0 amide bonds. The summed E-state index contributed by atoms with van der Waals surface area (Å²) in [5, 5.41) is 17.0. The summed E-state index contributed by atoms with van der Waals surface area (Å²) in [6.07, 6.45) is -0.0205. The summed E-state index contributed by atoms with van der Waals surface area (Å²) in [5.74, 6) is -1.76. The molecule has 0 atom stereocenters. The number of hydrogen-bond donors (Lipinski definition) is 2. The lowest BCUT2D eigenvalue weighted by atomic mass is 10.5. The van der Waals surface area contributed by atoms with E-state index in [-0.39, 0.29) is 26.1 Å². The van der Waals surface area contributed by atoms with Crippen LogP contribution in [0, 0.1) is 0 Å². The molecule has 0 saturated heterocycles. The molecule has 0 heterocycles. The molecule has 0 rings (SSSR count). The van der Waals surface area contributed by atoms with Gasteiger partial charge in [0.05, 0.1) is 290 Å².